The Kier molecular flexibility index (Phi) is 4.69. The number of carboxylic acids is 1. The fourth-order valence-electron chi connectivity index (χ4n) is 2.95. The van der Waals surface area contributed by atoms with Gasteiger partial charge in [-0.2, -0.15) is 0 Å². The number of fused-ring (bicyclic) bond motifs is 1. The van der Waals surface area contributed by atoms with Gasteiger partial charge in [-0.1, -0.05) is 30.3 Å². The van der Waals surface area contributed by atoms with Crippen LogP contribution in [0.1, 0.15) is 15.9 Å². The van der Waals surface area contributed by atoms with Crippen molar-refractivity contribution in [1.29, 1.82) is 0 Å². The summed E-state index contributed by atoms with van der Waals surface area (Å²) in [6.07, 6.45) is 1.49. The van der Waals surface area contributed by atoms with Crippen molar-refractivity contribution in [3.05, 3.63) is 70.6 Å². The van der Waals surface area contributed by atoms with Crippen LogP contribution in [0.5, 0.6) is 17.2 Å². The lowest BCUT2D eigenvalue weighted by molar-refractivity contribution is -0.115. The highest BCUT2D eigenvalue weighted by Crippen LogP contribution is 2.37. The number of benzene rings is 3. The molecular weight excluding hydrogens is 394 g/mol. The number of carboxylic acid groups (broad SMARTS) is 1. The van der Waals surface area contributed by atoms with Crippen molar-refractivity contribution in [3.8, 4) is 17.2 Å². The monoisotopic (exact) mass is 407 g/mol. The lowest BCUT2D eigenvalue weighted by Gasteiger charge is -2.12. The summed E-state index contributed by atoms with van der Waals surface area (Å²) in [5.41, 5.74) is 0.675. The first kappa shape index (κ1) is 18.6. The van der Waals surface area contributed by atoms with E-state index in [0.29, 0.717) is 22.1 Å². The number of hydrogen-bond donors (Lipinski definition) is 3. The van der Waals surface area contributed by atoms with Gasteiger partial charge in [0, 0.05) is 5.39 Å². The zero-order valence-corrected chi connectivity index (χ0v) is 15.5. The number of nitrogens with one attached hydrogen (secondary N) is 1. The molecule has 0 atom stereocenters. The molecule has 3 aromatic rings. The molecule has 4 rings (SSSR count). The number of phenols is 1. The van der Waals surface area contributed by atoms with Gasteiger partial charge in [0.05, 0.1) is 10.5 Å². The highest BCUT2D eigenvalue weighted by Gasteiger charge is 2.25. The maximum atomic E-state index is 11.6. The van der Waals surface area contributed by atoms with E-state index in [9.17, 15) is 24.6 Å². The lowest BCUT2D eigenvalue weighted by Crippen LogP contribution is -2.17. The number of amides is 2. The van der Waals surface area contributed by atoms with E-state index in [-0.39, 0.29) is 22.0 Å². The summed E-state index contributed by atoms with van der Waals surface area (Å²) in [7, 11) is 0. The van der Waals surface area contributed by atoms with E-state index in [1.807, 2.05) is 0 Å². The molecule has 0 saturated carbocycles. The Morgan fingerprint density at radius 2 is 1.72 bits per heavy atom. The minimum absolute atomic E-state index is 0.154. The van der Waals surface area contributed by atoms with Crippen LogP contribution in [0.2, 0.25) is 0 Å². The summed E-state index contributed by atoms with van der Waals surface area (Å²) in [5, 5.41) is 22.5. The van der Waals surface area contributed by atoms with Crippen LogP contribution in [0.15, 0.2) is 59.5 Å². The van der Waals surface area contributed by atoms with E-state index in [1.165, 1.54) is 30.3 Å². The standard InChI is InChI=1S/C21H13NO6S/c23-15-9-11(10-18-19(24)22-21(27)29-18)5-7-17(15)28-16-8-6-14(20(25)26)12-3-1-2-4-13(12)16/h1-10,23H,(H,25,26)(H,22,24,27)/b18-10-. The van der Waals surface area contributed by atoms with E-state index < -0.39 is 17.1 Å². The fraction of sp³-hybridized carbons (Fsp3) is 0. The van der Waals surface area contributed by atoms with E-state index in [2.05, 4.69) is 5.32 Å². The second-order valence-electron chi connectivity index (χ2n) is 6.14. The molecule has 1 aliphatic rings. The number of imide groups is 1. The largest absolute Gasteiger partial charge is 0.504 e. The van der Waals surface area contributed by atoms with Crippen LogP contribution in [0.25, 0.3) is 16.8 Å². The second kappa shape index (κ2) is 7.33. The van der Waals surface area contributed by atoms with Gasteiger partial charge in [-0.05, 0) is 53.1 Å². The number of ether oxygens (including phenoxy) is 1. The van der Waals surface area contributed by atoms with Crippen molar-refractivity contribution < 1.29 is 29.3 Å². The maximum Gasteiger partial charge on any atom is 0.336 e. The number of hydrogen-bond acceptors (Lipinski definition) is 6. The molecule has 0 unspecified atom stereocenters. The van der Waals surface area contributed by atoms with Crippen LogP contribution in [0.4, 0.5) is 4.79 Å². The molecule has 0 aliphatic carbocycles. The van der Waals surface area contributed by atoms with Crippen molar-refractivity contribution >= 4 is 45.7 Å². The molecule has 144 valence electrons. The number of aromatic hydroxyl groups is 1. The van der Waals surface area contributed by atoms with Gasteiger partial charge in [0.15, 0.2) is 11.5 Å². The van der Waals surface area contributed by atoms with E-state index in [1.54, 1.807) is 30.3 Å². The van der Waals surface area contributed by atoms with Crippen LogP contribution in [0.3, 0.4) is 0 Å². The average molecular weight is 407 g/mol. The Hall–Kier alpha value is -3.78. The summed E-state index contributed by atoms with van der Waals surface area (Å²) in [5.74, 6) is -1.13. The molecule has 0 radical (unpaired) electrons. The normalized spacial score (nSPS) is 15.0. The second-order valence-corrected chi connectivity index (χ2v) is 7.16. The highest BCUT2D eigenvalue weighted by atomic mass is 32.2. The van der Waals surface area contributed by atoms with Gasteiger partial charge in [-0.25, -0.2) is 4.79 Å². The third-order valence-electron chi connectivity index (χ3n) is 4.26. The van der Waals surface area contributed by atoms with Gasteiger partial charge in [0.2, 0.25) is 0 Å². The van der Waals surface area contributed by atoms with Gasteiger partial charge in [-0.15, -0.1) is 0 Å². The van der Waals surface area contributed by atoms with Crippen molar-refractivity contribution in [2.75, 3.05) is 0 Å². The molecule has 7 nitrogen and oxygen atoms in total. The zero-order valence-electron chi connectivity index (χ0n) is 14.7. The minimum atomic E-state index is -1.04. The Morgan fingerprint density at radius 1 is 1.00 bits per heavy atom. The van der Waals surface area contributed by atoms with Gasteiger partial charge >= 0.3 is 5.97 Å². The summed E-state index contributed by atoms with van der Waals surface area (Å²) < 4.78 is 5.82. The van der Waals surface area contributed by atoms with Crippen molar-refractivity contribution in [2.24, 2.45) is 0 Å². The molecule has 0 bridgehead atoms. The molecule has 8 heteroatoms. The molecule has 0 aromatic heterocycles. The molecule has 3 N–H and O–H groups in total. The van der Waals surface area contributed by atoms with Crippen LogP contribution >= 0.6 is 11.8 Å². The molecule has 1 saturated heterocycles. The lowest BCUT2D eigenvalue weighted by atomic mass is 10.0. The Bertz CT molecular complexity index is 1220. The van der Waals surface area contributed by atoms with Crippen molar-refractivity contribution in [2.45, 2.75) is 0 Å². The van der Waals surface area contributed by atoms with E-state index in [0.717, 1.165) is 11.8 Å². The number of thioether (sulfide) groups is 1. The van der Waals surface area contributed by atoms with Gasteiger partial charge in [-0.3, -0.25) is 14.9 Å². The summed E-state index contributed by atoms with van der Waals surface area (Å²) in [6, 6.07) is 14.5. The summed E-state index contributed by atoms with van der Waals surface area (Å²) in [4.78, 5) is 34.5. The quantitative estimate of drug-likeness (QED) is 0.551. The first-order valence-corrected chi connectivity index (χ1v) is 9.25. The van der Waals surface area contributed by atoms with E-state index in [4.69, 9.17) is 4.74 Å². The third kappa shape index (κ3) is 3.65. The molecular formula is C21H13NO6S. The first-order chi connectivity index (χ1) is 13.9. The Labute approximate surface area is 168 Å². The molecule has 29 heavy (non-hydrogen) atoms. The Morgan fingerprint density at radius 3 is 2.38 bits per heavy atom. The smallest absolute Gasteiger partial charge is 0.336 e. The number of carbonyl (C=O) groups is 3. The number of rotatable bonds is 4. The molecule has 1 heterocycles. The molecule has 1 aliphatic heterocycles. The van der Waals surface area contributed by atoms with Gasteiger partial charge < -0.3 is 14.9 Å². The topological polar surface area (TPSA) is 113 Å². The SMILES string of the molecule is O=C1NC(=O)/C(=C/c2ccc(Oc3ccc(C(=O)O)c4ccccc34)c(O)c2)S1. The number of aromatic carboxylic acids is 1. The first-order valence-electron chi connectivity index (χ1n) is 8.43. The highest BCUT2D eigenvalue weighted by molar-refractivity contribution is 8.18. The molecule has 2 amide bonds. The molecule has 3 aromatic carbocycles. The zero-order chi connectivity index (χ0) is 20.5. The minimum Gasteiger partial charge on any atom is -0.504 e. The van der Waals surface area contributed by atoms with Crippen LogP contribution in [0, 0.1) is 0 Å². The van der Waals surface area contributed by atoms with E-state index >= 15 is 0 Å². The average Bonchev–Trinajstić information content (AvgIpc) is 3.00. The Balaban J connectivity index is 1.67. The van der Waals surface area contributed by atoms with Crippen LogP contribution in [-0.2, 0) is 4.79 Å². The van der Waals surface area contributed by atoms with Gasteiger partial charge in [0.25, 0.3) is 11.1 Å². The van der Waals surface area contributed by atoms with Crippen molar-refractivity contribution in [3.63, 3.8) is 0 Å². The summed E-state index contributed by atoms with van der Waals surface area (Å²) >= 11 is 0.787. The molecule has 0 spiro atoms. The predicted octanol–water partition coefficient (Wildman–Crippen LogP) is 4.36. The predicted molar refractivity (Wildman–Crippen MR) is 108 cm³/mol. The molecule has 1 fully saturated rings. The third-order valence-corrected chi connectivity index (χ3v) is 5.07. The van der Waals surface area contributed by atoms with Crippen LogP contribution < -0.4 is 10.1 Å². The van der Waals surface area contributed by atoms with Crippen LogP contribution in [-0.4, -0.2) is 27.3 Å². The number of phenolic OH excluding ortho intramolecular Hbond substituents is 1. The number of carbonyl (C=O) groups excluding carboxylic acids is 2. The summed E-state index contributed by atoms with van der Waals surface area (Å²) in [6.45, 7) is 0. The maximum absolute atomic E-state index is 11.6. The fourth-order valence-corrected chi connectivity index (χ4v) is 3.63. The van der Waals surface area contributed by atoms with Crippen molar-refractivity contribution in [1.82, 2.24) is 5.32 Å². The van der Waals surface area contributed by atoms with Gasteiger partial charge in [0.1, 0.15) is 5.75 Å².